The molecule has 5 heteroatoms. The molecule has 1 saturated carbocycles. The minimum Gasteiger partial charge on any atom is -0.361 e. The number of carbonyl (C=O) groups excluding carboxylic acids is 2. The number of rotatable bonds is 2. The zero-order valence-electron chi connectivity index (χ0n) is 13.1. The van der Waals surface area contributed by atoms with Gasteiger partial charge in [-0.3, -0.25) is 9.59 Å². The van der Waals surface area contributed by atoms with Crippen LogP contribution < -0.4 is 0 Å². The van der Waals surface area contributed by atoms with E-state index in [1.165, 1.54) is 0 Å². The predicted molar refractivity (Wildman–Crippen MR) is 90.1 cm³/mol. The van der Waals surface area contributed by atoms with Crippen molar-refractivity contribution in [3.63, 3.8) is 0 Å². The van der Waals surface area contributed by atoms with E-state index in [9.17, 15) is 9.59 Å². The van der Waals surface area contributed by atoms with Gasteiger partial charge >= 0.3 is 0 Å². The van der Waals surface area contributed by atoms with Crippen LogP contribution in [0.4, 0.5) is 0 Å². The summed E-state index contributed by atoms with van der Waals surface area (Å²) in [5, 5.41) is 6.39. The van der Waals surface area contributed by atoms with Crippen molar-refractivity contribution in [2.75, 3.05) is 0 Å². The molecule has 2 heterocycles. The average Bonchev–Trinajstić information content (AvgIpc) is 3.15. The van der Waals surface area contributed by atoms with E-state index in [-0.39, 0.29) is 35.5 Å². The number of para-hydroxylation sites is 1. The number of allylic oxidation sites excluding steroid dienone is 2. The molecule has 4 aliphatic rings. The van der Waals surface area contributed by atoms with Gasteiger partial charge < -0.3 is 4.98 Å². The normalized spacial score (nSPS) is 31.6. The second-order valence-corrected chi connectivity index (χ2v) is 6.86. The summed E-state index contributed by atoms with van der Waals surface area (Å²) < 4.78 is 0. The van der Waals surface area contributed by atoms with Crippen LogP contribution in [0.3, 0.4) is 0 Å². The molecule has 1 saturated heterocycles. The van der Waals surface area contributed by atoms with E-state index in [2.05, 4.69) is 22.2 Å². The molecule has 0 radical (unpaired) electrons. The first kappa shape index (κ1) is 13.7. The molecular formula is C19H17N3O2. The van der Waals surface area contributed by atoms with Crippen molar-refractivity contribution in [2.45, 2.75) is 12.8 Å². The van der Waals surface area contributed by atoms with Crippen LogP contribution in [0.15, 0.2) is 47.7 Å². The Kier molecular flexibility index (Phi) is 2.80. The van der Waals surface area contributed by atoms with Crippen LogP contribution in [-0.4, -0.2) is 28.0 Å². The second-order valence-electron chi connectivity index (χ2n) is 6.86. The maximum atomic E-state index is 12.7. The lowest BCUT2D eigenvalue weighted by atomic mass is 9.63. The van der Waals surface area contributed by atoms with Gasteiger partial charge in [0.2, 0.25) is 0 Å². The molecule has 1 N–H and O–H groups in total. The third-order valence-corrected chi connectivity index (χ3v) is 5.67. The average molecular weight is 319 g/mol. The number of benzene rings is 1. The smallest absolute Gasteiger partial charge is 0.254 e. The van der Waals surface area contributed by atoms with Crippen molar-refractivity contribution < 1.29 is 9.59 Å². The number of carbonyl (C=O) groups is 2. The number of fused-ring (bicyclic) bond motifs is 2. The molecule has 2 aromatic rings. The molecule has 3 aliphatic carbocycles. The number of hydrazone groups is 1. The van der Waals surface area contributed by atoms with Crippen LogP contribution in [0, 0.1) is 23.7 Å². The van der Waals surface area contributed by atoms with E-state index in [4.69, 9.17) is 0 Å². The number of H-pyrrole nitrogens is 1. The van der Waals surface area contributed by atoms with Gasteiger partial charge in [-0.1, -0.05) is 30.4 Å². The fourth-order valence-electron chi connectivity index (χ4n) is 4.49. The Balaban J connectivity index is 1.48. The Morgan fingerprint density at radius 1 is 1.04 bits per heavy atom. The Bertz CT molecular complexity index is 878. The lowest BCUT2D eigenvalue weighted by Gasteiger charge is -2.37. The number of aromatic amines is 1. The molecule has 1 aromatic heterocycles. The maximum Gasteiger partial charge on any atom is 0.254 e. The third-order valence-electron chi connectivity index (χ3n) is 5.67. The zero-order chi connectivity index (χ0) is 16.3. The number of nitrogens with zero attached hydrogens (tertiary/aromatic N) is 2. The lowest BCUT2D eigenvalue weighted by Crippen LogP contribution is -2.38. The number of amides is 2. The van der Waals surface area contributed by atoms with E-state index in [0.29, 0.717) is 0 Å². The summed E-state index contributed by atoms with van der Waals surface area (Å²) >= 11 is 0. The van der Waals surface area contributed by atoms with E-state index in [1.54, 1.807) is 6.21 Å². The molecule has 0 unspecified atom stereocenters. The van der Waals surface area contributed by atoms with Crippen LogP contribution in [0.1, 0.15) is 18.4 Å². The molecule has 120 valence electrons. The molecule has 6 rings (SSSR count). The molecule has 5 nitrogen and oxygen atoms in total. The molecule has 1 aromatic carbocycles. The van der Waals surface area contributed by atoms with Crippen molar-refractivity contribution in [1.29, 1.82) is 0 Å². The SMILES string of the molecule is O=C1[C@@H]2[C@@H](C(=O)N1/N=C\c1c[nH]c3ccccc13)[C@@H]1C=C[C@@H]2CC1. The summed E-state index contributed by atoms with van der Waals surface area (Å²) in [6.07, 6.45) is 9.70. The van der Waals surface area contributed by atoms with Gasteiger partial charge in [0, 0.05) is 22.7 Å². The van der Waals surface area contributed by atoms with Crippen molar-refractivity contribution in [1.82, 2.24) is 9.99 Å². The first-order chi connectivity index (χ1) is 11.7. The van der Waals surface area contributed by atoms with E-state index in [0.717, 1.165) is 34.3 Å². The fourth-order valence-corrected chi connectivity index (χ4v) is 4.49. The van der Waals surface area contributed by atoms with E-state index >= 15 is 0 Å². The van der Waals surface area contributed by atoms with Crippen LogP contribution >= 0.6 is 0 Å². The van der Waals surface area contributed by atoms with Gasteiger partial charge in [0.1, 0.15) is 0 Å². The zero-order valence-corrected chi connectivity index (χ0v) is 13.1. The Hall–Kier alpha value is -2.69. The highest BCUT2D eigenvalue weighted by molar-refractivity contribution is 6.07. The molecular weight excluding hydrogens is 302 g/mol. The molecule has 4 atom stereocenters. The summed E-state index contributed by atoms with van der Waals surface area (Å²) in [6, 6.07) is 7.89. The minimum atomic E-state index is -0.207. The van der Waals surface area contributed by atoms with Crippen LogP contribution in [-0.2, 0) is 9.59 Å². The van der Waals surface area contributed by atoms with Gasteiger partial charge in [-0.2, -0.15) is 10.1 Å². The Morgan fingerprint density at radius 2 is 1.71 bits per heavy atom. The first-order valence-electron chi connectivity index (χ1n) is 8.40. The number of hydrogen-bond acceptors (Lipinski definition) is 3. The maximum absolute atomic E-state index is 12.7. The van der Waals surface area contributed by atoms with Crippen molar-refractivity contribution in [3.8, 4) is 0 Å². The Morgan fingerprint density at radius 3 is 2.38 bits per heavy atom. The summed E-state index contributed by atoms with van der Waals surface area (Å²) in [5.41, 5.74) is 1.89. The summed E-state index contributed by atoms with van der Waals surface area (Å²) in [4.78, 5) is 28.6. The van der Waals surface area contributed by atoms with E-state index in [1.807, 2.05) is 30.5 Å². The van der Waals surface area contributed by atoms with Crippen LogP contribution in [0.25, 0.3) is 10.9 Å². The van der Waals surface area contributed by atoms with Gasteiger partial charge in [-0.15, -0.1) is 0 Å². The van der Waals surface area contributed by atoms with Crippen LogP contribution in [0.2, 0.25) is 0 Å². The third kappa shape index (κ3) is 1.78. The number of imide groups is 1. The molecule has 24 heavy (non-hydrogen) atoms. The minimum absolute atomic E-state index is 0.139. The predicted octanol–water partition coefficient (Wildman–Crippen LogP) is 2.70. The number of hydrogen-bond donors (Lipinski definition) is 1. The molecule has 0 spiro atoms. The monoisotopic (exact) mass is 319 g/mol. The van der Waals surface area contributed by atoms with Crippen molar-refractivity contribution in [3.05, 3.63) is 48.2 Å². The molecule has 1 aliphatic heterocycles. The lowest BCUT2D eigenvalue weighted by molar-refractivity contribution is -0.140. The second kappa shape index (κ2) is 4.90. The molecule has 2 fully saturated rings. The molecule has 2 amide bonds. The van der Waals surface area contributed by atoms with Crippen LogP contribution in [0.5, 0.6) is 0 Å². The van der Waals surface area contributed by atoms with Gasteiger partial charge in [0.25, 0.3) is 11.8 Å². The number of nitrogens with one attached hydrogen (secondary N) is 1. The van der Waals surface area contributed by atoms with Gasteiger partial charge in [-0.25, -0.2) is 0 Å². The highest BCUT2D eigenvalue weighted by atomic mass is 16.2. The summed E-state index contributed by atoms with van der Waals surface area (Å²) in [5.74, 6) is -0.294. The first-order valence-corrected chi connectivity index (χ1v) is 8.40. The summed E-state index contributed by atoms with van der Waals surface area (Å²) in [7, 11) is 0. The number of aromatic nitrogens is 1. The van der Waals surface area contributed by atoms with Gasteiger partial charge in [-0.05, 0) is 30.7 Å². The van der Waals surface area contributed by atoms with Crippen molar-refractivity contribution in [2.24, 2.45) is 28.8 Å². The quantitative estimate of drug-likeness (QED) is 0.525. The largest absolute Gasteiger partial charge is 0.361 e. The molecule has 2 bridgehead atoms. The van der Waals surface area contributed by atoms with Gasteiger partial charge in [0.05, 0.1) is 18.1 Å². The highest BCUT2D eigenvalue weighted by Gasteiger charge is 2.56. The van der Waals surface area contributed by atoms with E-state index < -0.39 is 0 Å². The van der Waals surface area contributed by atoms with Gasteiger partial charge in [0.15, 0.2) is 0 Å². The highest BCUT2D eigenvalue weighted by Crippen LogP contribution is 2.49. The topological polar surface area (TPSA) is 65.5 Å². The fraction of sp³-hybridized carbons (Fsp3) is 0.316. The standard InChI is InChI=1S/C19H17N3O2/c23-18-16-11-5-6-12(8-7-11)17(16)19(24)22(18)21-10-13-9-20-15-4-2-1-3-14(13)15/h1-6,9-12,16-17,20H,7-8H2/b21-10-/t11-,12-,16+,17+/m1/s1. The summed E-state index contributed by atoms with van der Waals surface area (Å²) in [6.45, 7) is 0. The van der Waals surface area contributed by atoms with Crippen molar-refractivity contribution >= 4 is 28.9 Å². The Labute approximate surface area is 139 Å².